The Bertz CT molecular complexity index is 272. The number of rotatable bonds is 5. The maximum atomic E-state index is 12.1. The molecule has 1 saturated carbocycles. The summed E-state index contributed by atoms with van der Waals surface area (Å²) in [5.74, 6) is 0.591. The lowest BCUT2D eigenvalue weighted by molar-refractivity contribution is -0.139. The van der Waals surface area contributed by atoms with Gasteiger partial charge in [0, 0.05) is 24.9 Å². The van der Waals surface area contributed by atoms with Crippen molar-refractivity contribution >= 4 is 11.7 Å². The van der Waals surface area contributed by atoms with Crippen molar-refractivity contribution < 1.29 is 10.0 Å². The van der Waals surface area contributed by atoms with Crippen molar-refractivity contribution in [3.8, 4) is 0 Å². The molecule has 0 heterocycles. The second kappa shape index (κ2) is 5.72. The average Bonchev–Trinajstić information content (AvgIpc) is 2.14. The van der Waals surface area contributed by atoms with Gasteiger partial charge in [-0.25, -0.2) is 0 Å². The highest BCUT2D eigenvalue weighted by Gasteiger charge is 2.30. The summed E-state index contributed by atoms with van der Waals surface area (Å²) in [6.45, 7) is 4.51. The summed E-state index contributed by atoms with van der Waals surface area (Å²) < 4.78 is 0. The number of hydrogen-bond donors (Lipinski definition) is 2. The topological polar surface area (TPSA) is 78.9 Å². The minimum Gasteiger partial charge on any atom is -0.409 e. The van der Waals surface area contributed by atoms with Crippen LogP contribution in [-0.4, -0.2) is 34.4 Å². The molecule has 0 aromatic carbocycles. The molecule has 0 atom stereocenters. The molecule has 1 fully saturated rings. The van der Waals surface area contributed by atoms with Crippen LogP contribution >= 0.6 is 0 Å². The van der Waals surface area contributed by atoms with Crippen molar-refractivity contribution in [3.63, 3.8) is 0 Å². The van der Waals surface area contributed by atoms with Gasteiger partial charge in [-0.1, -0.05) is 11.6 Å². The Kier molecular flexibility index (Phi) is 4.58. The third-order valence-electron chi connectivity index (χ3n) is 3.10. The maximum absolute atomic E-state index is 12.1. The Morgan fingerprint density at radius 3 is 2.56 bits per heavy atom. The van der Waals surface area contributed by atoms with E-state index in [1.54, 1.807) is 0 Å². The molecular weight excluding hydrogens is 206 g/mol. The number of amidine groups is 1. The second-order valence-electron chi connectivity index (χ2n) is 4.59. The summed E-state index contributed by atoms with van der Waals surface area (Å²) in [5, 5.41) is 11.4. The zero-order chi connectivity index (χ0) is 12.1. The molecular formula is C11H21N3O2. The Labute approximate surface area is 96.3 Å². The van der Waals surface area contributed by atoms with Crippen molar-refractivity contribution in [1.82, 2.24) is 4.90 Å². The van der Waals surface area contributed by atoms with E-state index < -0.39 is 0 Å². The van der Waals surface area contributed by atoms with Crippen LogP contribution in [0.15, 0.2) is 5.16 Å². The zero-order valence-corrected chi connectivity index (χ0v) is 10.0. The zero-order valence-electron chi connectivity index (χ0n) is 10.0. The third-order valence-corrected chi connectivity index (χ3v) is 3.10. The van der Waals surface area contributed by atoms with Gasteiger partial charge in [-0.05, 0) is 26.7 Å². The summed E-state index contributed by atoms with van der Waals surface area (Å²) in [7, 11) is 0. The first-order valence-corrected chi connectivity index (χ1v) is 5.83. The molecule has 92 valence electrons. The van der Waals surface area contributed by atoms with Crippen LogP contribution in [0.4, 0.5) is 0 Å². The molecule has 5 heteroatoms. The first-order valence-electron chi connectivity index (χ1n) is 5.83. The van der Waals surface area contributed by atoms with Crippen molar-refractivity contribution in [3.05, 3.63) is 0 Å². The van der Waals surface area contributed by atoms with Gasteiger partial charge in [-0.3, -0.25) is 4.79 Å². The van der Waals surface area contributed by atoms with Crippen LogP contribution in [0.3, 0.4) is 0 Å². The third kappa shape index (κ3) is 3.12. The SMILES string of the molecule is CC(C)N(CCC(N)=NO)C(=O)C1CCC1. The van der Waals surface area contributed by atoms with Crippen LogP contribution in [0, 0.1) is 5.92 Å². The lowest BCUT2D eigenvalue weighted by Gasteiger charge is -2.34. The number of amides is 1. The molecule has 1 aliphatic rings. The van der Waals surface area contributed by atoms with Crippen LogP contribution in [-0.2, 0) is 4.79 Å². The molecule has 0 aromatic rings. The van der Waals surface area contributed by atoms with Crippen LogP contribution in [0.2, 0.25) is 0 Å². The van der Waals surface area contributed by atoms with E-state index in [9.17, 15) is 4.79 Å². The molecule has 1 aliphatic carbocycles. The minimum absolute atomic E-state index is 0.166. The number of carbonyl (C=O) groups excluding carboxylic acids is 1. The average molecular weight is 227 g/mol. The van der Waals surface area contributed by atoms with Gasteiger partial charge >= 0.3 is 0 Å². The summed E-state index contributed by atoms with van der Waals surface area (Å²) in [4.78, 5) is 13.9. The van der Waals surface area contributed by atoms with E-state index in [0.717, 1.165) is 19.3 Å². The standard InChI is InChI=1S/C11H21N3O2/c1-8(2)14(7-6-10(12)13-16)11(15)9-4-3-5-9/h8-9,16H,3-7H2,1-2H3,(H2,12,13). The molecule has 0 unspecified atom stereocenters. The molecule has 0 saturated heterocycles. The normalized spacial score (nSPS) is 17.3. The van der Waals surface area contributed by atoms with E-state index in [0.29, 0.717) is 13.0 Å². The highest BCUT2D eigenvalue weighted by Crippen LogP contribution is 2.28. The fraction of sp³-hybridized carbons (Fsp3) is 0.818. The monoisotopic (exact) mass is 227 g/mol. The Morgan fingerprint density at radius 2 is 2.19 bits per heavy atom. The number of carbonyl (C=O) groups is 1. The highest BCUT2D eigenvalue weighted by atomic mass is 16.4. The van der Waals surface area contributed by atoms with Crippen LogP contribution in [0.1, 0.15) is 39.5 Å². The van der Waals surface area contributed by atoms with Crippen molar-refractivity contribution in [2.45, 2.75) is 45.6 Å². The van der Waals surface area contributed by atoms with Crippen LogP contribution in [0.5, 0.6) is 0 Å². The minimum atomic E-state index is 0.166. The summed E-state index contributed by atoms with van der Waals surface area (Å²) >= 11 is 0. The first-order chi connectivity index (χ1) is 7.56. The Hall–Kier alpha value is -1.26. The summed E-state index contributed by atoms with van der Waals surface area (Å²) in [6.07, 6.45) is 3.59. The van der Waals surface area contributed by atoms with E-state index >= 15 is 0 Å². The van der Waals surface area contributed by atoms with Crippen molar-refractivity contribution in [2.75, 3.05) is 6.54 Å². The second-order valence-corrected chi connectivity index (χ2v) is 4.59. The molecule has 0 spiro atoms. The molecule has 1 amide bonds. The van der Waals surface area contributed by atoms with Gasteiger partial charge in [0.25, 0.3) is 0 Å². The van der Waals surface area contributed by atoms with E-state index in [-0.39, 0.29) is 23.7 Å². The number of nitrogens with zero attached hydrogens (tertiary/aromatic N) is 2. The van der Waals surface area contributed by atoms with Gasteiger partial charge < -0.3 is 15.8 Å². The number of oxime groups is 1. The lowest BCUT2D eigenvalue weighted by atomic mass is 9.84. The van der Waals surface area contributed by atoms with Gasteiger partial charge in [0.05, 0.1) is 0 Å². The fourth-order valence-corrected chi connectivity index (χ4v) is 1.80. The molecule has 16 heavy (non-hydrogen) atoms. The first kappa shape index (κ1) is 12.8. The summed E-state index contributed by atoms with van der Waals surface area (Å²) in [6, 6.07) is 0.166. The lowest BCUT2D eigenvalue weighted by Crippen LogP contribution is -2.44. The molecule has 0 radical (unpaired) electrons. The smallest absolute Gasteiger partial charge is 0.225 e. The quantitative estimate of drug-likeness (QED) is 0.320. The van der Waals surface area contributed by atoms with E-state index in [1.807, 2.05) is 18.7 Å². The largest absolute Gasteiger partial charge is 0.409 e. The van der Waals surface area contributed by atoms with Gasteiger partial charge in [0.15, 0.2) is 0 Å². The van der Waals surface area contributed by atoms with Crippen LogP contribution in [0.25, 0.3) is 0 Å². The van der Waals surface area contributed by atoms with Gasteiger partial charge in [-0.15, -0.1) is 0 Å². The van der Waals surface area contributed by atoms with Gasteiger partial charge in [0.2, 0.25) is 5.91 Å². The predicted molar refractivity (Wildman–Crippen MR) is 62.2 cm³/mol. The van der Waals surface area contributed by atoms with Gasteiger partial charge in [0.1, 0.15) is 5.84 Å². The number of hydrogen-bond acceptors (Lipinski definition) is 3. The maximum Gasteiger partial charge on any atom is 0.225 e. The molecule has 5 nitrogen and oxygen atoms in total. The fourth-order valence-electron chi connectivity index (χ4n) is 1.80. The molecule has 0 aliphatic heterocycles. The van der Waals surface area contributed by atoms with Crippen molar-refractivity contribution in [1.29, 1.82) is 0 Å². The van der Waals surface area contributed by atoms with E-state index in [2.05, 4.69) is 5.16 Å². The molecule has 3 N–H and O–H groups in total. The Balaban J connectivity index is 2.49. The number of nitrogens with two attached hydrogens (primary N) is 1. The van der Waals surface area contributed by atoms with Crippen molar-refractivity contribution in [2.24, 2.45) is 16.8 Å². The van der Waals surface area contributed by atoms with Crippen LogP contribution < -0.4 is 5.73 Å². The van der Waals surface area contributed by atoms with E-state index in [4.69, 9.17) is 10.9 Å². The summed E-state index contributed by atoms with van der Waals surface area (Å²) in [5.41, 5.74) is 5.41. The van der Waals surface area contributed by atoms with Gasteiger partial charge in [-0.2, -0.15) is 0 Å². The van der Waals surface area contributed by atoms with E-state index in [1.165, 1.54) is 0 Å². The predicted octanol–water partition coefficient (Wildman–Crippen LogP) is 1.16. The Morgan fingerprint density at radius 1 is 1.56 bits per heavy atom. The molecule has 0 bridgehead atoms. The molecule has 1 rings (SSSR count). The molecule has 0 aromatic heterocycles. The highest BCUT2D eigenvalue weighted by molar-refractivity contribution is 5.82.